The number of carbonyl (C=O) groups is 2. The molecule has 0 radical (unpaired) electrons. The van der Waals surface area contributed by atoms with Crippen LogP contribution in [0.25, 0.3) is 0 Å². The number of fused-ring (bicyclic) bond motifs is 1. The van der Waals surface area contributed by atoms with E-state index >= 15 is 0 Å². The normalized spacial score (nSPS) is 21.1. The number of ether oxygens (including phenoxy) is 1. The molecule has 1 aromatic carbocycles. The van der Waals surface area contributed by atoms with E-state index < -0.39 is 22.1 Å². The van der Waals surface area contributed by atoms with Crippen LogP contribution in [0.1, 0.15) is 61.9 Å². The Balaban J connectivity index is 1.65. The van der Waals surface area contributed by atoms with Crippen molar-refractivity contribution in [1.29, 1.82) is 0 Å². The van der Waals surface area contributed by atoms with Gasteiger partial charge in [-0.1, -0.05) is 19.3 Å². The first-order valence-corrected chi connectivity index (χ1v) is 11.7. The second-order valence-electron chi connectivity index (χ2n) is 7.85. The Labute approximate surface area is 166 Å². The Morgan fingerprint density at radius 2 is 1.89 bits per heavy atom. The SMILES string of the molecule is CC(OC(=O)c1ccc2c(c1)CC(C)N2S(C)(=O)=O)C(=O)NC1CCCCC1. The summed E-state index contributed by atoms with van der Waals surface area (Å²) in [6.07, 6.45) is 6.17. The third-order valence-electron chi connectivity index (χ3n) is 5.43. The summed E-state index contributed by atoms with van der Waals surface area (Å²) in [5.41, 5.74) is 1.69. The largest absolute Gasteiger partial charge is 0.449 e. The average Bonchev–Trinajstić information content (AvgIpc) is 2.97. The number of rotatable bonds is 5. The molecule has 0 saturated heterocycles. The summed E-state index contributed by atoms with van der Waals surface area (Å²) in [5.74, 6) is -0.863. The fourth-order valence-electron chi connectivity index (χ4n) is 4.08. The smallest absolute Gasteiger partial charge is 0.338 e. The molecule has 1 aliphatic heterocycles. The topological polar surface area (TPSA) is 92.8 Å². The van der Waals surface area contributed by atoms with E-state index in [0.717, 1.165) is 31.2 Å². The van der Waals surface area contributed by atoms with Crippen LogP contribution in [0.4, 0.5) is 5.69 Å². The monoisotopic (exact) mass is 408 g/mol. The van der Waals surface area contributed by atoms with E-state index in [1.54, 1.807) is 25.1 Å². The fourth-order valence-corrected chi connectivity index (χ4v) is 5.35. The maximum Gasteiger partial charge on any atom is 0.338 e. The number of sulfonamides is 1. The van der Waals surface area contributed by atoms with Gasteiger partial charge in [0.05, 0.1) is 17.5 Å². The second kappa shape index (κ2) is 8.11. The predicted octanol–water partition coefficient (Wildman–Crippen LogP) is 2.39. The average molecular weight is 409 g/mol. The van der Waals surface area contributed by atoms with E-state index in [9.17, 15) is 18.0 Å². The molecule has 1 heterocycles. The summed E-state index contributed by atoms with van der Waals surface area (Å²) in [4.78, 5) is 24.8. The van der Waals surface area contributed by atoms with Gasteiger partial charge in [0.1, 0.15) is 0 Å². The summed E-state index contributed by atoms with van der Waals surface area (Å²) < 4.78 is 30.7. The van der Waals surface area contributed by atoms with Crippen LogP contribution in [0, 0.1) is 0 Å². The van der Waals surface area contributed by atoms with Crippen LogP contribution in [0.5, 0.6) is 0 Å². The van der Waals surface area contributed by atoms with Gasteiger partial charge in [0.25, 0.3) is 5.91 Å². The summed E-state index contributed by atoms with van der Waals surface area (Å²) in [6.45, 7) is 3.40. The Kier molecular flexibility index (Phi) is 5.98. The minimum atomic E-state index is -3.38. The summed E-state index contributed by atoms with van der Waals surface area (Å²) >= 11 is 0. The van der Waals surface area contributed by atoms with Gasteiger partial charge >= 0.3 is 5.97 Å². The van der Waals surface area contributed by atoms with Crippen molar-refractivity contribution in [3.63, 3.8) is 0 Å². The molecule has 7 nitrogen and oxygen atoms in total. The minimum Gasteiger partial charge on any atom is -0.449 e. The van der Waals surface area contributed by atoms with Crippen LogP contribution in [-0.2, 0) is 26.0 Å². The Morgan fingerprint density at radius 1 is 1.21 bits per heavy atom. The zero-order chi connectivity index (χ0) is 20.5. The Hall–Kier alpha value is -2.09. The zero-order valence-electron chi connectivity index (χ0n) is 16.6. The minimum absolute atomic E-state index is 0.158. The highest BCUT2D eigenvalue weighted by Gasteiger charge is 2.33. The zero-order valence-corrected chi connectivity index (χ0v) is 17.4. The van der Waals surface area contributed by atoms with Gasteiger partial charge in [-0.2, -0.15) is 0 Å². The van der Waals surface area contributed by atoms with E-state index in [1.165, 1.54) is 17.0 Å². The van der Waals surface area contributed by atoms with Crippen molar-refractivity contribution in [2.24, 2.45) is 0 Å². The highest BCUT2D eigenvalue weighted by atomic mass is 32.2. The van der Waals surface area contributed by atoms with E-state index in [1.807, 2.05) is 6.92 Å². The Bertz CT molecular complexity index is 861. The third-order valence-corrected chi connectivity index (χ3v) is 6.70. The first-order chi connectivity index (χ1) is 13.2. The van der Waals surface area contributed by atoms with Gasteiger partial charge in [0.2, 0.25) is 10.0 Å². The number of carbonyl (C=O) groups excluding carboxylic acids is 2. The van der Waals surface area contributed by atoms with Crippen molar-refractivity contribution in [3.8, 4) is 0 Å². The van der Waals surface area contributed by atoms with Gasteiger partial charge in [-0.25, -0.2) is 13.2 Å². The molecule has 8 heteroatoms. The van der Waals surface area contributed by atoms with Crippen molar-refractivity contribution in [2.75, 3.05) is 10.6 Å². The maximum absolute atomic E-state index is 12.5. The van der Waals surface area contributed by atoms with Gasteiger partial charge in [-0.05, 0) is 56.9 Å². The lowest BCUT2D eigenvalue weighted by molar-refractivity contribution is -0.130. The number of benzene rings is 1. The molecule has 0 aromatic heterocycles. The lowest BCUT2D eigenvalue weighted by Gasteiger charge is -2.24. The second-order valence-corrected chi connectivity index (χ2v) is 9.71. The number of nitrogens with one attached hydrogen (secondary N) is 1. The molecule has 1 aliphatic carbocycles. The maximum atomic E-state index is 12.5. The number of hydrogen-bond donors (Lipinski definition) is 1. The van der Waals surface area contributed by atoms with Gasteiger partial charge in [-0.15, -0.1) is 0 Å². The van der Waals surface area contributed by atoms with Gasteiger partial charge in [0.15, 0.2) is 6.10 Å². The predicted molar refractivity (Wildman–Crippen MR) is 107 cm³/mol. The molecule has 1 saturated carbocycles. The number of amides is 1. The number of esters is 1. The Morgan fingerprint density at radius 3 is 2.54 bits per heavy atom. The molecule has 2 atom stereocenters. The van der Waals surface area contributed by atoms with Crippen LogP contribution in [0.2, 0.25) is 0 Å². The van der Waals surface area contributed by atoms with E-state index in [-0.39, 0.29) is 18.0 Å². The molecule has 0 spiro atoms. The van der Waals surface area contributed by atoms with Crippen LogP contribution < -0.4 is 9.62 Å². The van der Waals surface area contributed by atoms with E-state index in [2.05, 4.69) is 5.32 Å². The molecular formula is C20H28N2O5S. The molecule has 1 aromatic rings. The highest BCUT2D eigenvalue weighted by molar-refractivity contribution is 7.92. The molecule has 1 amide bonds. The molecule has 0 bridgehead atoms. The summed E-state index contributed by atoms with van der Waals surface area (Å²) in [7, 11) is -3.38. The standard InChI is InChI=1S/C20H28N2O5S/c1-13-11-16-12-15(9-10-18(16)22(13)28(3,25)26)20(24)27-14(2)19(23)21-17-7-5-4-6-8-17/h9-10,12-14,17H,4-8,11H2,1-3H3,(H,21,23). The van der Waals surface area contributed by atoms with Gasteiger partial charge < -0.3 is 10.1 Å². The van der Waals surface area contributed by atoms with Crippen molar-refractivity contribution in [2.45, 2.75) is 70.6 Å². The number of anilines is 1. The molecule has 2 aliphatic rings. The molecule has 28 heavy (non-hydrogen) atoms. The summed E-state index contributed by atoms with van der Waals surface area (Å²) in [6, 6.07) is 4.79. The third kappa shape index (κ3) is 4.48. The summed E-state index contributed by atoms with van der Waals surface area (Å²) in [5, 5.41) is 2.96. The molecule has 2 unspecified atom stereocenters. The lowest BCUT2D eigenvalue weighted by Crippen LogP contribution is -2.42. The quantitative estimate of drug-likeness (QED) is 0.755. The first-order valence-electron chi connectivity index (χ1n) is 9.80. The van der Waals surface area contributed by atoms with Crippen molar-refractivity contribution >= 4 is 27.6 Å². The molecule has 1 fully saturated rings. The van der Waals surface area contributed by atoms with Crippen LogP contribution >= 0.6 is 0 Å². The van der Waals surface area contributed by atoms with Crippen LogP contribution in [-0.4, -0.2) is 44.7 Å². The molecular weight excluding hydrogens is 380 g/mol. The molecule has 154 valence electrons. The van der Waals surface area contributed by atoms with Gasteiger partial charge in [0, 0.05) is 12.1 Å². The van der Waals surface area contributed by atoms with Crippen molar-refractivity contribution in [3.05, 3.63) is 29.3 Å². The lowest BCUT2D eigenvalue weighted by atomic mass is 9.95. The first kappa shape index (κ1) is 20.6. The van der Waals surface area contributed by atoms with E-state index in [0.29, 0.717) is 17.7 Å². The van der Waals surface area contributed by atoms with Crippen molar-refractivity contribution in [1.82, 2.24) is 5.32 Å². The molecule has 1 N–H and O–H groups in total. The van der Waals surface area contributed by atoms with Crippen molar-refractivity contribution < 1.29 is 22.7 Å². The molecule has 3 rings (SSSR count). The van der Waals surface area contributed by atoms with Crippen LogP contribution in [0.15, 0.2) is 18.2 Å². The van der Waals surface area contributed by atoms with Gasteiger partial charge in [-0.3, -0.25) is 9.10 Å². The number of nitrogens with zero attached hydrogens (tertiary/aromatic N) is 1. The highest BCUT2D eigenvalue weighted by Crippen LogP contribution is 2.34. The van der Waals surface area contributed by atoms with Crippen LogP contribution in [0.3, 0.4) is 0 Å². The fraction of sp³-hybridized carbons (Fsp3) is 0.600. The van der Waals surface area contributed by atoms with E-state index in [4.69, 9.17) is 4.74 Å². The number of hydrogen-bond acceptors (Lipinski definition) is 5.